The van der Waals surface area contributed by atoms with Gasteiger partial charge in [0.05, 0.1) is 0 Å². The van der Waals surface area contributed by atoms with Gasteiger partial charge in [0, 0.05) is 62.2 Å². The van der Waals surface area contributed by atoms with E-state index in [9.17, 15) is 9.59 Å². The van der Waals surface area contributed by atoms with E-state index in [0.717, 1.165) is 19.4 Å². The number of carbonyl (C=O) groups is 2. The van der Waals surface area contributed by atoms with E-state index in [-0.39, 0.29) is 11.9 Å². The van der Waals surface area contributed by atoms with E-state index in [1.807, 2.05) is 21.8 Å². The molecule has 2 heterocycles. The maximum Gasteiger partial charge on any atom is 0.321 e. The Balaban J connectivity index is 1.44. The van der Waals surface area contributed by atoms with Crippen LogP contribution in [0.4, 0.5) is 10.5 Å². The van der Waals surface area contributed by atoms with E-state index in [1.54, 1.807) is 35.4 Å². The minimum Gasteiger partial charge on any atom is -0.341 e. The number of carbonyl (C=O) groups excluding carboxylic acids is 2. The van der Waals surface area contributed by atoms with Gasteiger partial charge in [-0.25, -0.2) is 4.79 Å². The van der Waals surface area contributed by atoms with E-state index in [1.165, 1.54) is 0 Å². The molecule has 144 valence electrons. The van der Waals surface area contributed by atoms with Crippen LogP contribution < -0.4 is 5.32 Å². The second kappa shape index (κ2) is 9.41. The van der Waals surface area contributed by atoms with E-state index < -0.39 is 0 Å². The lowest BCUT2D eigenvalue weighted by atomic mass is 10.2. The average molecular weight is 390 g/mol. The van der Waals surface area contributed by atoms with Crippen LogP contribution in [0.3, 0.4) is 0 Å². The molecular weight excluding hydrogens is 366 g/mol. The first-order valence-corrected chi connectivity index (χ1v) is 9.56. The summed E-state index contributed by atoms with van der Waals surface area (Å²) in [6.45, 7) is 3.16. The SMILES string of the molecule is O=C(CCCn1cccn1)N1CCCN(C(=O)Nc2ccc(Cl)cc2)CC1. The zero-order chi connectivity index (χ0) is 19.1. The van der Waals surface area contributed by atoms with Crippen molar-refractivity contribution >= 4 is 29.2 Å². The van der Waals surface area contributed by atoms with E-state index in [4.69, 9.17) is 11.6 Å². The Morgan fingerprint density at radius 2 is 1.81 bits per heavy atom. The van der Waals surface area contributed by atoms with E-state index >= 15 is 0 Å². The standard InChI is InChI=1S/C19H24ClN5O2/c20-16-5-7-17(8-6-16)22-19(27)24-11-3-10-23(14-15-24)18(26)4-1-12-25-13-2-9-21-25/h2,5-9,13H,1,3-4,10-12,14-15H2,(H,22,27). The summed E-state index contributed by atoms with van der Waals surface area (Å²) in [6, 6.07) is 8.75. The number of urea groups is 1. The summed E-state index contributed by atoms with van der Waals surface area (Å²) in [5.74, 6) is 0.141. The molecule has 3 amide bonds. The van der Waals surface area contributed by atoms with Crippen molar-refractivity contribution in [3.05, 3.63) is 47.7 Å². The van der Waals surface area contributed by atoms with Gasteiger partial charge in [-0.3, -0.25) is 9.48 Å². The molecule has 1 aromatic heterocycles. The molecule has 1 aliphatic heterocycles. The molecule has 0 aliphatic carbocycles. The zero-order valence-electron chi connectivity index (χ0n) is 15.2. The third-order valence-corrected chi connectivity index (χ3v) is 4.82. The summed E-state index contributed by atoms with van der Waals surface area (Å²) < 4.78 is 1.83. The second-order valence-corrected chi connectivity index (χ2v) is 6.97. The summed E-state index contributed by atoms with van der Waals surface area (Å²) in [5, 5.41) is 7.65. The van der Waals surface area contributed by atoms with Crippen molar-refractivity contribution in [2.75, 3.05) is 31.5 Å². The molecule has 1 aromatic carbocycles. The van der Waals surface area contributed by atoms with Crippen molar-refractivity contribution in [1.82, 2.24) is 19.6 Å². The maximum atomic E-state index is 12.5. The summed E-state index contributed by atoms with van der Waals surface area (Å²) in [4.78, 5) is 28.5. The number of benzene rings is 1. The number of halogens is 1. The molecule has 0 bridgehead atoms. The van der Waals surface area contributed by atoms with Gasteiger partial charge in [0.1, 0.15) is 0 Å². The molecule has 0 atom stereocenters. The Kier molecular flexibility index (Phi) is 6.70. The van der Waals surface area contributed by atoms with E-state index in [0.29, 0.717) is 43.3 Å². The minimum atomic E-state index is -0.148. The van der Waals surface area contributed by atoms with Crippen molar-refractivity contribution in [1.29, 1.82) is 0 Å². The molecule has 3 rings (SSSR count). The Morgan fingerprint density at radius 1 is 1.07 bits per heavy atom. The van der Waals surface area contributed by atoms with Crippen LogP contribution in [-0.4, -0.2) is 57.7 Å². The molecule has 7 nitrogen and oxygen atoms in total. The highest BCUT2D eigenvalue weighted by molar-refractivity contribution is 6.30. The number of anilines is 1. The molecule has 0 unspecified atom stereocenters. The lowest BCUT2D eigenvalue weighted by Gasteiger charge is -2.22. The molecule has 1 fully saturated rings. The smallest absolute Gasteiger partial charge is 0.321 e. The highest BCUT2D eigenvalue weighted by Gasteiger charge is 2.21. The largest absolute Gasteiger partial charge is 0.341 e. The van der Waals surface area contributed by atoms with Gasteiger partial charge >= 0.3 is 6.03 Å². The molecule has 27 heavy (non-hydrogen) atoms. The number of aromatic nitrogens is 2. The van der Waals surface area contributed by atoms with Gasteiger partial charge in [0.2, 0.25) is 5.91 Å². The highest BCUT2D eigenvalue weighted by atomic mass is 35.5. The maximum absolute atomic E-state index is 12.5. The van der Waals surface area contributed by atoms with E-state index in [2.05, 4.69) is 10.4 Å². The Morgan fingerprint density at radius 3 is 2.56 bits per heavy atom. The number of hydrogen-bond acceptors (Lipinski definition) is 3. The third-order valence-electron chi connectivity index (χ3n) is 4.57. The molecule has 8 heteroatoms. The number of nitrogens with one attached hydrogen (secondary N) is 1. The van der Waals surface area contributed by atoms with Crippen LogP contribution in [0.25, 0.3) is 0 Å². The molecule has 0 saturated carbocycles. The van der Waals surface area contributed by atoms with Crippen molar-refractivity contribution < 1.29 is 9.59 Å². The fourth-order valence-electron chi connectivity index (χ4n) is 3.09. The minimum absolute atomic E-state index is 0.141. The number of amides is 3. The molecular formula is C19H24ClN5O2. The predicted octanol–water partition coefficient (Wildman–Crippen LogP) is 3.08. The summed E-state index contributed by atoms with van der Waals surface area (Å²) in [6.07, 6.45) is 5.67. The zero-order valence-corrected chi connectivity index (χ0v) is 15.9. The monoisotopic (exact) mass is 389 g/mol. The summed E-state index contributed by atoms with van der Waals surface area (Å²) in [5.41, 5.74) is 0.709. The fourth-order valence-corrected chi connectivity index (χ4v) is 3.21. The third kappa shape index (κ3) is 5.72. The van der Waals surface area contributed by atoms with Gasteiger partial charge in [-0.15, -0.1) is 0 Å². The van der Waals surface area contributed by atoms with Crippen molar-refractivity contribution in [3.8, 4) is 0 Å². The summed E-state index contributed by atoms with van der Waals surface area (Å²) in [7, 11) is 0. The van der Waals surface area contributed by atoms with Gasteiger partial charge in [-0.2, -0.15) is 5.10 Å². The van der Waals surface area contributed by atoms with Crippen LogP contribution >= 0.6 is 11.6 Å². The van der Waals surface area contributed by atoms with Gasteiger partial charge in [0.15, 0.2) is 0 Å². The molecule has 1 aliphatic rings. The second-order valence-electron chi connectivity index (χ2n) is 6.53. The number of hydrogen-bond donors (Lipinski definition) is 1. The molecule has 0 spiro atoms. The van der Waals surface area contributed by atoms with Gasteiger partial charge in [-0.1, -0.05) is 11.6 Å². The van der Waals surface area contributed by atoms with Gasteiger partial charge in [0.25, 0.3) is 0 Å². The Labute approximate surface area is 163 Å². The van der Waals surface area contributed by atoms with Crippen LogP contribution in [0.15, 0.2) is 42.7 Å². The Bertz CT molecular complexity index is 748. The van der Waals surface area contributed by atoms with Gasteiger partial charge < -0.3 is 15.1 Å². The topological polar surface area (TPSA) is 70.5 Å². The van der Waals surface area contributed by atoms with Crippen molar-refractivity contribution in [2.24, 2.45) is 0 Å². The quantitative estimate of drug-likeness (QED) is 0.854. The Hall–Kier alpha value is -2.54. The fraction of sp³-hybridized carbons (Fsp3) is 0.421. The summed E-state index contributed by atoms with van der Waals surface area (Å²) >= 11 is 5.86. The average Bonchev–Trinajstić information content (AvgIpc) is 3.05. The van der Waals surface area contributed by atoms with Crippen LogP contribution in [0, 0.1) is 0 Å². The first kappa shape index (κ1) is 19.2. The lowest BCUT2D eigenvalue weighted by Crippen LogP contribution is -2.39. The first-order valence-electron chi connectivity index (χ1n) is 9.18. The molecule has 1 saturated heterocycles. The molecule has 1 N–H and O–H groups in total. The molecule has 2 aromatic rings. The van der Waals surface area contributed by atoms with Crippen LogP contribution in [0.2, 0.25) is 5.02 Å². The predicted molar refractivity (Wildman–Crippen MR) is 105 cm³/mol. The number of aryl methyl sites for hydroxylation is 1. The van der Waals surface area contributed by atoms with Crippen LogP contribution in [0.5, 0.6) is 0 Å². The van der Waals surface area contributed by atoms with Crippen LogP contribution in [-0.2, 0) is 11.3 Å². The lowest BCUT2D eigenvalue weighted by molar-refractivity contribution is -0.131. The highest BCUT2D eigenvalue weighted by Crippen LogP contribution is 2.15. The normalized spacial score (nSPS) is 14.7. The van der Waals surface area contributed by atoms with Crippen molar-refractivity contribution in [3.63, 3.8) is 0 Å². The molecule has 0 radical (unpaired) electrons. The number of nitrogens with zero attached hydrogens (tertiary/aromatic N) is 4. The van der Waals surface area contributed by atoms with Crippen LogP contribution in [0.1, 0.15) is 19.3 Å². The van der Waals surface area contributed by atoms with Gasteiger partial charge in [-0.05, 0) is 43.2 Å². The first-order chi connectivity index (χ1) is 13.1. The van der Waals surface area contributed by atoms with Crippen molar-refractivity contribution in [2.45, 2.75) is 25.8 Å². The number of rotatable bonds is 5.